The molecule has 0 saturated carbocycles. The molecule has 146 valence electrons. The van der Waals surface area contributed by atoms with Crippen LogP contribution >= 0.6 is 15.9 Å². The molecule has 3 saturated heterocycles. The summed E-state index contributed by atoms with van der Waals surface area (Å²) in [6, 6.07) is -0.869. The molecule has 3 heterocycles. The van der Waals surface area contributed by atoms with Crippen molar-refractivity contribution in [1.82, 2.24) is 15.5 Å². The molecule has 8 nitrogen and oxygen atoms in total. The monoisotopic (exact) mass is 431 g/mol. The van der Waals surface area contributed by atoms with Crippen molar-refractivity contribution in [3.8, 4) is 0 Å². The number of nitrogens with one attached hydrogen (secondary N) is 2. The predicted molar refractivity (Wildman–Crippen MR) is 96.5 cm³/mol. The van der Waals surface area contributed by atoms with Gasteiger partial charge in [-0.1, -0.05) is 15.9 Å². The second-order valence-electron chi connectivity index (χ2n) is 8.27. The second-order valence-corrected chi connectivity index (χ2v) is 9.45. The van der Waals surface area contributed by atoms with Crippen LogP contribution in [0.2, 0.25) is 0 Å². The van der Waals surface area contributed by atoms with E-state index in [0.29, 0.717) is 6.42 Å². The number of aliphatic hydroxyl groups excluding tert-OH is 1. The van der Waals surface area contributed by atoms with Gasteiger partial charge >= 0.3 is 0 Å². The highest BCUT2D eigenvalue weighted by atomic mass is 79.9. The number of β-amino-alcohol motifs (C(OH)–C–C–N with tert-alkyl or cyclic N) is 1. The quantitative estimate of drug-likeness (QED) is 0.514. The van der Waals surface area contributed by atoms with Gasteiger partial charge in [0.15, 0.2) is 0 Å². The SMILES string of the molecule is CNC(=O)[C@H]1[C@H]2C(=O)N(CCO)C(C(=O)NC(C)(C)C)C23CC(Br)[C@@H]1O3. The van der Waals surface area contributed by atoms with Crippen LogP contribution in [0, 0.1) is 11.8 Å². The molecule has 0 aliphatic carbocycles. The number of amides is 3. The van der Waals surface area contributed by atoms with Crippen LogP contribution < -0.4 is 10.6 Å². The number of nitrogens with zero attached hydrogens (tertiary/aromatic N) is 1. The fourth-order valence-electron chi connectivity index (χ4n) is 4.68. The minimum absolute atomic E-state index is 0.0285. The van der Waals surface area contributed by atoms with E-state index >= 15 is 0 Å². The number of halogens is 1. The Bertz CT molecular complexity index is 636. The predicted octanol–water partition coefficient (Wildman–Crippen LogP) is -0.613. The summed E-state index contributed by atoms with van der Waals surface area (Å²) >= 11 is 3.57. The van der Waals surface area contributed by atoms with Gasteiger partial charge in [0.05, 0.1) is 24.5 Å². The van der Waals surface area contributed by atoms with E-state index in [1.54, 1.807) is 0 Å². The van der Waals surface area contributed by atoms with Crippen LogP contribution in [0.15, 0.2) is 0 Å². The average molecular weight is 432 g/mol. The Hall–Kier alpha value is -1.19. The number of alkyl halides is 1. The Morgan fingerprint density at radius 3 is 2.58 bits per heavy atom. The third-order valence-corrected chi connectivity index (χ3v) is 6.27. The molecule has 6 atom stereocenters. The lowest BCUT2D eigenvalue weighted by molar-refractivity contribution is -0.143. The van der Waals surface area contributed by atoms with Crippen molar-refractivity contribution < 1.29 is 24.2 Å². The van der Waals surface area contributed by atoms with Gasteiger partial charge in [-0.05, 0) is 27.2 Å². The molecule has 9 heteroatoms. The summed E-state index contributed by atoms with van der Waals surface area (Å²) < 4.78 is 6.21. The topological polar surface area (TPSA) is 108 Å². The van der Waals surface area contributed by atoms with Crippen molar-refractivity contribution in [3.05, 3.63) is 0 Å². The van der Waals surface area contributed by atoms with Crippen LogP contribution in [-0.4, -0.2) is 76.0 Å². The maximum atomic E-state index is 13.1. The van der Waals surface area contributed by atoms with Gasteiger partial charge in [0, 0.05) is 24.0 Å². The zero-order valence-corrected chi connectivity index (χ0v) is 17.0. The number of rotatable bonds is 4. The van der Waals surface area contributed by atoms with Crippen LogP contribution in [0.1, 0.15) is 27.2 Å². The fraction of sp³-hybridized carbons (Fsp3) is 0.824. The highest BCUT2D eigenvalue weighted by molar-refractivity contribution is 9.09. The highest BCUT2D eigenvalue weighted by Gasteiger charge is 2.76. The Balaban J connectivity index is 2.04. The molecule has 3 aliphatic rings. The first kappa shape index (κ1) is 19.6. The first-order valence-electron chi connectivity index (χ1n) is 8.84. The van der Waals surface area contributed by atoms with Crippen molar-refractivity contribution in [2.24, 2.45) is 11.8 Å². The van der Waals surface area contributed by atoms with Crippen LogP contribution in [-0.2, 0) is 19.1 Å². The smallest absolute Gasteiger partial charge is 0.246 e. The van der Waals surface area contributed by atoms with Crippen molar-refractivity contribution in [3.63, 3.8) is 0 Å². The number of hydrogen-bond acceptors (Lipinski definition) is 5. The van der Waals surface area contributed by atoms with E-state index in [9.17, 15) is 19.5 Å². The summed E-state index contributed by atoms with van der Waals surface area (Å²) in [7, 11) is 1.53. The maximum Gasteiger partial charge on any atom is 0.246 e. The molecule has 3 fully saturated rings. The van der Waals surface area contributed by atoms with Gasteiger partial charge in [-0.25, -0.2) is 0 Å². The Kier molecular flexibility index (Phi) is 4.86. The largest absolute Gasteiger partial charge is 0.395 e. The van der Waals surface area contributed by atoms with Crippen molar-refractivity contribution in [2.45, 2.75) is 55.3 Å². The lowest BCUT2D eigenvalue weighted by atomic mass is 9.70. The molecular weight excluding hydrogens is 406 g/mol. The van der Waals surface area contributed by atoms with Crippen LogP contribution in [0.5, 0.6) is 0 Å². The van der Waals surface area contributed by atoms with E-state index < -0.39 is 35.1 Å². The third kappa shape index (κ3) is 2.75. The molecule has 3 rings (SSSR count). The summed E-state index contributed by atoms with van der Waals surface area (Å²) in [5, 5.41) is 15.0. The molecule has 26 heavy (non-hydrogen) atoms. The van der Waals surface area contributed by atoms with Crippen LogP contribution in [0.4, 0.5) is 0 Å². The van der Waals surface area contributed by atoms with E-state index in [-0.39, 0.29) is 35.7 Å². The maximum absolute atomic E-state index is 13.1. The number of hydrogen-bond donors (Lipinski definition) is 3. The molecule has 3 amide bonds. The van der Waals surface area contributed by atoms with Crippen molar-refractivity contribution in [2.75, 3.05) is 20.2 Å². The van der Waals surface area contributed by atoms with Gasteiger partial charge in [0.1, 0.15) is 11.6 Å². The fourth-order valence-corrected chi connectivity index (χ4v) is 5.63. The van der Waals surface area contributed by atoms with Gasteiger partial charge in [-0.2, -0.15) is 0 Å². The van der Waals surface area contributed by atoms with Gasteiger partial charge in [-0.15, -0.1) is 0 Å². The number of fused-ring (bicyclic) bond motifs is 1. The Labute approximate surface area is 161 Å². The molecule has 2 bridgehead atoms. The molecule has 0 aromatic heterocycles. The summed E-state index contributed by atoms with van der Waals surface area (Å²) in [4.78, 5) is 40.0. The standard InChI is InChI=1S/C17H26BrN3O5/c1-16(2,3)20-14(24)12-17-7-8(18)11(26-17)9(13(23)19-4)10(17)15(25)21(12)5-6-22/h8-12,22H,5-7H2,1-4H3,(H,19,23)(H,20,24)/t8?,9-,10-,11-,12?,17?/m0/s1. The zero-order valence-electron chi connectivity index (χ0n) is 15.4. The molecule has 3 N–H and O–H groups in total. The number of ether oxygens (including phenoxy) is 1. The van der Waals surface area contributed by atoms with Gasteiger partial charge in [-0.3, -0.25) is 14.4 Å². The molecule has 0 aromatic rings. The highest BCUT2D eigenvalue weighted by Crippen LogP contribution is 2.59. The van der Waals surface area contributed by atoms with E-state index in [1.807, 2.05) is 20.8 Å². The minimum Gasteiger partial charge on any atom is -0.395 e. The molecular formula is C17H26BrN3O5. The Morgan fingerprint density at radius 1 is 1.38 bits per heavy atom. The van der Waals surface area contributed by atoms with Crippen LogP contribution in [0.25, 0.3) is 0 Å². The summed E-state index contributed by atoms with van der Waals surface area (Å²) in [5.74, 6) is -2.26. The second kappa shape index (κ2) is 6.45. The number of aliphatic hydroxyl groups is 1. The van der Waals surface area contributed by atoms with Gasteiger partial charge in [0.25, 0.3) is 0 Å². The first-order chi connectivity index (χ1) is 12.1. The van der Waals surface area contributed by atoms with E-state index in [2.05, 4.69) is 26.6 Å². The van der Waals surface area contributed by atoms with Gasteiger partial charge in [0.2, 0.25) is 17.7 Å². The van der Waals surface area contributed by atoms with Crippen molar-refractivity contribution in [1.29, 1.82) is 0 Å². The summed E-state index contributed by atoms with van der Waals surface area (Å²) in [5.41, 5.74) is -1.54. The van der Waals surface area contributed by atoms with Crippen molar-refractivity contribution >= 4 is 33.7 Å². The molecule has 0 radical (unpaired) electrons. The van der Waals surface area contributed by atoms with Crippen LogP contribution in [0.3, 0.4) is 0 Å². The minimum atomic E-state index is -1.06. The number of carbonyl (C=O) groups is 3. The third-order valence-electron chi connectivity index (χ3n) is 5.43. The summed E-state index contributed by atoms with van der Waals surface area (Å²) in [6.07, 6.45) is 0.0104. The lowest BCUT2D eigenvalue weighted by Gasteiger charge is -2.35. The summed E-state index contributed by atoms with van der Waals surface area (Å²) in [6.45, 7) is 5.35. The zero-order chi connectivity index (χ0) is 19.4. The van der Waals surface area contributed by atoms with E-state index in [1.165, 1.54) is 11.9 Å². The first-order valence-corrected chi connectivity index (χ1v) is 9.76. The average Bonchev–Trinajstić information content (AvgIpc) is 3.10. The van der Waals surface area contributed by atoms with E-state index in [0.717, 1.165) is 0 Å². The number of likely N-dealkylation sites (tertiary alicyclic amines) is 1. The molecule has 3 aliphatic heterocycles. The van der Waals surface area contributed by atoms with E-state index in [4.69, 9.17) is 4.74 Å². The molecule has 0 aromatic carbocycles. The number of carbonyl (C=O) groups excluding carboxylic acids is 3. The van der Waals surface area contributed by atoms with Gasteiger partial charge < -0.3 is 25.4 Å². The lowest BCUT2D eigenvalue weighted by Crippen LogP contribution is -2.59. The Morgan fingerprint density at radius 2 is 2.04 bits per heavy atom. The molecule has 1 spiro atoms. The molecule has 3 unspecified atom stereocenters. The normalized spacial score (nSPS) is 38.5.